The fraction of sp³-hybridized carbons (Fsp3) is 0.520. The SMILES string of the molecule is CC.Cc1cc2c(s1)C(N1CCC(C(F)(F)F)C1)=CC(c1ccc(N3CCNCC3)cc1)N2. The molecule has 2 unspecified atom stereocenters. The van der Waals surface area contributed by atoms with Crippen molar-refractivity contribution >= 4 is 28.4 Å². The minimum Gasteiger partial charge on any atom is -0.373 e. The lowest BCUT2D eigenvalue weighted by atomic mass is 10.0. The molecule has 1 aromatic heterocycles. The van der Waals surface area contributed by atoms with E-state index in [1.165, 1.54) is 5.69 Å². The van der Waals surface area contributed by atoms with Crippen molar-refractivity contribution < 1.29 is 13.2 Å². The number of aryl methyl sites for hydroxylation is 1. The van der Waals surface area contributed by atoms with Crippen LogP contribution in [0.15, 0.2) is 36.4 Å². The van der Waals surface area contributed by atoms with E-state index in [4.69, 9.17) is 0 Å². The lowest BCUT2D eigenvalue weighted by Crippen LogP contribution is -2.43. The summed E-state index contributed by atoms with van der Waals surface area (Å²) in [7, 11) is 0. The van der Waals surface area contributed by atoms with Crippen molar-refractivity contribution in [3.05, 3.63) is 51.7 Å². The van der Waals surface area contributed by atoms with Crippen LogP contribution in [0.5, 0.6) is 0 Å². The largest absolute Gasteiger partial charge is 0.393 e. The highest BCUT2D eigenvalue weighted by Gasteiger charge is 2.44. The Morgan fingerprint density at radius 1 is 1.00 bits per heavy atom. The Kier molecular flexibility index (Phi) is 7.24. The standard InChI is InChI=1S/C23H27F3N4S.C2H6/c1-15-12-20-22(31-15)21(30-9-6-17(14-30)23(24,25)26)13-19(28-20)16-2-4-18(5-3-16)29-10-7-27-8-11-29;1-2/h2-5,12-13,17,19,27-28H,6-11,14H2,1H3;1-2H3. The summed E-state index contributed by atoms with van der Waals surface area (Å²) < 4.78 is 39.8. The molecular formula is C25H33F3N4S. The van der Waals surface area contributed by atoms with Crippen molar-refractivity contribution in [3.63, 3.8) is 0 Å². The van der Waals surface area contributed by atoms with Crippen molar-refractivity contribution in [1.29, 1.82) is 0 Å². The third-order valence-electron chi connectivity index (χ3n) is 6.45. The second-order valence-electron chi connectivity index (χ2n) is 8.58. The van der Waals surface area contributed by atoms with Crippen molar-refractivity contribution in [3.8, 4) is 0 Å². The topological polar surface area (TPSA) is 30.5 Å². The summed E-state index contributed by atoms with van der Waals surface area (Å²) in [5.74, 6) is -1.25. The number of alkyl halides is 3. The molecule has 5 rings (SSSR count). The molecule has 4 nitrogen and oxygen atoms in total. The van der Waals surface area contributed by atoms with Crippen LogP contribution >= 0.6 is 11.3 Å². The van der Waals surface area contributed by atoms with Crippen LogP contribution in [0.1, 0.15) is 41.6 Å². The van der Waals surface area contributed by atoms with E-state index in [2.05, 4.69) is 51.9 Å². The molecule has 33 heavy (non-hydrogen) atoms. The van der Waals surface area contributed by atoms with E-state index in [0.717, 1.165) is 52.9 Å². The van der Waals surface area contributed by atoms with Crippen LogP contribution in [-0.4, -0.2) is 50.3 Å². The second-order valence-corrected chi connectivity index (χ2v) is 9.83. The van der Waals surface area contributed by atoms with Crippen LogP contribution in [0, 0.1) is 12.8 Å². The Labute approximate surface area is 198 Å². The summed E-state index contributed by atoms with van der Waals surface area (Å²) in [5, 5.41) is 6.96. The number of nitrogens with one attached hydrogen (secondary N) is 2. The van der Waals surface area contributed by atoms with Crippen LogP contribution in [0.3, 0.4) is 0 Å². The van der Waals surface area contributed by atoms with E-state index >= 15 is 0 Å². The summed E-state index contributed by atoms with van der Waals surface area (Å²) in [6.45, 7) is 10.5. The van der Waals surface area contributed by atoms with Crippen molar-refractivity contribution in [1.82, 2.24) is 10.2 Å². The maximum atomic E-state index is 13.3. The Bertz CT molecular complexity index is 961. The van der Waals surface area contributed by atoms with Gasteiger partial charge in [0.15, 0.2) is 0 Å². The minimum absolute atomic E-state index is 0.0420. The van der Waals surface area contributed by atoms with Gasteiger partial charge < -0.3 is 20.4 Å². The number of halogens is 3. The highest BCUT2D eigenvalue weighted by molar-refractivity contribution is 7.13. The quantitative estimate of drug-likeness (QED) is 0.576. The summed E-state index contributed by atoms with van der Waals surface area (Å²) in [6, 6.07) is 10.6. The third-order valence-corrected chi connectivity index (χ3v) is 7.52. The molecule has 2 N–H and O–H groups in total. The molecule has 0 saturated carbocycles. The number of hydrogen-bond donors (Lipinski definition) is 2. The van der Waals surface area contributed by atoms with Crippen LogP contribution in [0.25, 0.3) is 5.70 Å². The molecule has 2 atom stereocenters. The molecule has 1 aromatic carbocycles. The Morgan fingerprint density at radius 2 is 1.70 bits per heavy atom. The molecule has 0 bridgehead atoms. The fourth-order valence-corrected chi connectivity index (χ4v) is 5.77. The first-order chi connectivity index (χ1) is 15.9. The van der Waals surface area contributed by atoms with E-state index in [-0.39, 0.29) is 19.0 Å². The van der Waals surface area contributed by atoms with E-state index in [1.807, 2.05) is 25.7 Å². The van der Waals surface area contributed by atoms with E-state index in [0.29, 0.717) is 6.54 Å². The van der Waals surface area contributed by atoms with Gasteiger partial charge in [-0.05, 0) is 43.2 Å². The van der Waals surface area contributed by atoms with Gasteiger partial charge in [0.1, 0.15) is 0 Å². The highest BCUT2D eigenvalue weighted by Crippen LogP contribution is 2.45. The number of fused-ring (bicyclic) bond motifs is 1. The predicted molar refractivity (Wildman–Crippen MR) is 132 cm³/mol. The zero-order chi connectivity index (χ0) is 23.6. The Balaban J connectivity index is 0.00000126. The molecule has 180 valence electrons. The number of likely N-dealkylation sites (tertiary alicyclic amines) is 1. The first-order valence-electron chi connectivity index (χ1n) is 11.8. The van der Waals surface area contributed by atoms with Crippen LogP contribution in [0.4, 0.5) is 24.5 Å². The molecule has 0 radical (unpaired) electrons. The summed E-state index contributed by atoms with van der Waals surface area (Å²) in [4.78, 5) is 6.51. The molecule has 2 fully saturated rings. The Hall–Kier alpha value is -2.19. The lowest BCUT2D eigenvalue weighted by Gasteiger charge is -2.31. The van der Waals surface area contributed by atoms with E-state index < -0.39 is 12.1 Å². The highest BCUT2D eigenvalue weighted by atomic mass is 32.1. The maximum absolute atomic E-state index is 13.3. The number of piperazine rings is 1. The molecule has 0 amide bonds. The number of thiophene rings is 1. The van der Waals surface area contributed by atoms with Gasteiger partial charge in [-0.25, -0.2) is 0 Å². The van der Waals surface area contributed by atoms with E-state index in [1.54, 1.807) is 11.3 Å². The molecule has 4 heterocycles. The number of rotatable bonds is 3. The molecule has 3 aliphatic rings. The lowest BCUT2D eigenvalue weighted by molar-refractivity contribution is -0.169. The fourth-order valence-electron chi connectivity index (χ4n) is 4.74. The average Bonchev–Trinajstić information content (AvgIpc) is 3.47. The van der Waals surface area contributed by atoms with Crippen LogP contribution in [0.2, 0.25) is 0 Å². The smallest absolute Gasteiger partial charge is 0.373 e. The van der Waals surface area contributed by atoms with Gasteiger partial charge in [-0.1, -0.05) is 26.0 Å². The van der Waals surface area contributed by atoms with Crippen molar-refractivity contribution in [2.45, 2.75) is 39.4 Å². The molecule has 0 aliphatic carbocycles. The summed E-state index contributed by atoms with van der Waals surface area (Å²) in [6.07, 6.45) is -1.86. The first kappa shape index (κ1) is 24.0. The Morgan fingerprint density at radius 3 is 2.33 bits per heavy atom. The average molecular weight is 479 g/mol. The zero-order valence-corrected chi connectivity index (χ0v) is 20.3. The monoisotopic (exact) mass is 478 g/mol. The van der Waals surface area contributed by atoms with Gasteiger partial charge in [0, 0.05) is 49.8 Å². The van der Waals surface area contributed by atoms with Crippen molar-refractivity contribution in [2.75, 3.05) is 49.5 Å². The van der Waals surface area contributed by atoms with E-state index in [9.17, 15) is 13.2 Å². The number of benzene rings is 1. The van der Waals surface area contributed by atoms with Gasteiger partial charge in [0.2, 0.25) is 0 Å². The van der Waals surface area contributed by atoms with Crippen LogP contribution in [-0.2, 0) is 0 Å². The maximum Gasteiger partial charge on any atom is 0.393 e. The summed E-state index contributed by atoms with van der Waals surface area (Å²) in [5.41, 5.74) is 4.30. The molecule has 0 spiro atoms. The van der Waals surface area contributed by atoms with Crippen LogP contribution < -0.4 is 15.5 Å². The third kappa shape index (κ3) is 5.17. The molecule has 2 saturated heterocycles. The minimum atomic E-state index is -4.13. The number of nitrogens with zero attached hydrogens (tertiary/aromatic N) is 2. The van der Waals surface area contributed by atoms with Gasteiger partial charge in [-0.3, -0.25) is 0 Å². The molecule has 2 aromatic rings. The summed E-state index contributed by atoms with van der Waals surface area (Å²) >= 11 is 1.65. The van der Waals surface area contributed by atoms with Gasteiger partial charge in [-0.15, -0.1) is 11.3 Å². The zero-order valence-electron chi connectivity index (χ0n) is 19.5. The molecule has 3 aliphatic heterocycles. The van der Waals surface area contributed by atoms with Gasteiger partial charge >= 0.3 is 6.18 Å². The first-order valence-corrected chi connectivity index (χ1v) is 12.7. The number of anilines is 2. The predicted octanol–water partition coefficient (Wildman–Crippen LogP) is 5.88. The molecule has 8 heteroatoms. The molecular weight excluding hydrogens is 445 g/mol. The number of hydrogen-bond acceptors (Lipinski definition) is 5. The second kappa shape index (κ2) is 9.97. The van der Waals surface area contributed by atoms with Gasteiger partial charge in [-0.2, -0.15) is 13.2 Å². The normalized spacial score (nSPS) is 22.8. The van der Waals surface area contributed by atoms with Gasteiger partial charge in [0.05, 0.1) is 28.2 Å². The van der Waals surface area contributed by atoms with Gasteiger partial charge in [0.25, 0.3) is 0 Å². The van der Waals surface area contributed by atoms with Crippen molar-refractivity contribution in [2.24, 2.45) is 5.92 Å².